The number of imidazole rings is 1. The van der Waals surface area contributed by atoms with E-state index in [1.165, 1.54) is 16.2 Å². The second-order valence-electron chi connectivity index (χ2n) is 10.7. The van der Waals surface area contributed by atoms with E-state index < -0.39 is 0 Å². The predicted octanol–water partition coefficient (Wildman–Crippen LogP) is 9.60. The molecule has 6 aromatic carbocycles. The van der Waals surface area contributed by atoms with Crippen LogP contribution in [0.5, 0.6) is 0 Å². The van der Waals surface area contributed by atoms with E-state index in [4.69, 9.17) is 4.98 Å². The van der Waals surface area contributed by atoms with E-state index in [1.807, 2.05) is 66.9 Å². The Kier molecular flexibility index (Phi) is 5.80. The Labute approximate surface area is 248 Å². The summed E-state index contributed by atoms with van der Waals surface area (Å²) in [6.07, 6.45) is 1.82. The zero-order chi connectivity index (χ0) is 28.8. The SMILES string of the molecule is N#Cc1ccc(-c2cccc3cc(-c4ccc5ccc(-c6nc7ccccc7n6-c6ccccn6)cc5c4)ccc23)cc1. The van der Waals surface area contributed by atoms with Crippen molar-refractivity contribution in [1.82, 2.24) is 14.5 Å². The molecule has 200 valence electrons. The molecule has 8 rings (SSSR count). The molecule has 0 aliphatic carbocycles. The molecule has 0 N–H and O–H groups in total. The van der Waals surface area contributed by atoms with Crippen molar-refractivity contribution < 1.29 is 0 Å². The summed E-state index contributed by atoms with van der Waals surface area (Å²) in [4.78, 5) is 9.67. The molecule has 4 heteroatoms. The molecular weight excluding hydrogens is 524 g/mol. The van der Waals surface area contributed by atoms with Gasteiger partial charge >= 0.3 is 0 Å². The van der Waals surface area contributed by atoms with Crippen LogP contribution in [-0.4, -0.2) is 14.5 Å². The lowest BCUT2D eigenvalue weighted by atomic mass is 9.94. The monoisotopic (exact) mass is 548 g/mol. The van der Waals surface area contributed by atoms with E-state index in [9.17, 15) is 5.26 Å². The Morgan fingerprint density at radius 2 is 1.28 bits per heavy atom. The number of aromatic nitrogens is 3. The van der Waals surface area contributed by atoms with Crippen LogP contribution in [0.15, 0.2) is 146 Å². The van der Waals surface area contributed by atoms with Crippen molar-refractivity contribution in [3.8, 4) is 45.5 Å². The average molecular weight is 549 g/mol. The Balaban J connectivity index is 1.22. The molecule has 0 saturated carbocycles. The maximum absolute atomic E-state index is 9.18. The van der Waals surface area contributed by atoms with Gasteiger partial charge in [0.2, 0.25) is 0 Å². The third kappa shape index (κ3) is 4.32. The molecule has 0 bridgehead atoms. The third-order valence-corrected chi connectivity index (χ3v) is 8.08. The lowest BCUT2D eigenvalue weighted by Gasteiger charge is -2.11. The third-order valence-electron chi connectivity index (χ3n) is 8.08. The van der Waals surface area contributed by atoms with E-state index >= 15 is 0 Å². The molecule has 0 radical (unpaired) electrons. The highest BCUT2D eigenvalue weighted by Gasteiger charge is 2.15. The van der Waals surface area contributed by atoms with Crippen LogP contribution in [0, 0.1) is 11.3 Å². The first-order valence-corrected chi connectivity index (χ1v) is 14.2. The van der Waals surface area contributed by atoms with Crippen molar-refractivity contribution in [2.24, 2.45) is 0 Å². The fraction of sp³-hybridized carbons (Fsp3) is 0. The number of hydrogen-bond donors (Lipinski definition) is 0. The van der Waals surface area contributed by atoms with Crippen molar-refractivity contribution in [1.29, 1.82) is 5.26 Å². The Morgan fingerprint density at radius 1 is 0.558 bits per heavy atom. The second-order valence-corrected chi connectivity index (χ2v) is 10.7. The quantitative estimate of drug-likeness (QED) is 0.220. The first kappa shape index (κ1) is 24.7. The summed E-state index contributed by atoms with van der Waals surface area (Å²) in [7, 11) is 0. The maximum Gasteiger partial charge on any atom is 0.146 e. The zero-order valence-electron chi connectivity index (χ0n) is 23.1. The molecule has 0 unspecified atom stereocenters. The summed E-state index contributed by atoms with van der Waals surface area (Å²) in [5.41, 5.74) is 8.26. The summed E-state index contributed by atoms with van der Waals surface area (Å²) in [5.74, 6) is 1.71. The molecule has 2 aromatic heterocycles. The fourth-order valence-corrected chi connectivity index (χ4v) is 5.94. The van der Waals surface area contributed by atoms with Gasteiger partial charge < -0.3 is 0 Å². The van der Waals surface area contributed by atoms with E-state index in [0.29, 0.717) is 5.56 Å². The summed E-state index contributed by atoms with van der Waals surface area (Å²) >= 11 is 0. The molecule has 0 saturated heterocycles. The number of benzene rings is 6. The minimum atomic E-state index is 0.666. The lowest BCUT2D eigenvalue weighted by Crippen LogP contribution is -1.99. The van der Waals surface area contributed by atoms with Gasteiger partial charge in [-0.3, -0.25) is 4.57 Å². The van der Waals surface area contributed by atoms with Crippen molar-refractivity contribution in [3.63, 3.8) is 0 Å². The van der Waals surface area contributed by atoms with Gasteiger partial charge in [-0.25, -0.2) is 9.97 Å². The minimum Gasteiger partial charge on any atom is -0.276 e. The number of nitriles is 1. The highest BCUT2D eigenvalue weighted by Crippen LogP contribution is 2.35. The van der Waals surface area contributed by atoms with Gasteiger partial charge in [0.1, 0.15) is 11.6 Å². The summed E-state index contributed by atoms with van der Waals surface area (Å²) in [5, 5.41) is 13.9. The molecule has 43 heavy (non-hydrogen) atoms. The fourth-order valence-electron chi connectivity index (χ4n) is 5.94. The van der Waals surface area contributed by atoms with E-state index in [1.54, 1.807) is 0 Å². The first-order chi connectivity index (χ1) is 21.2. The molecule has 0 fully saturated rings. The van der Waals surface area contributed by atoms with Crippen LogP contribution in [0.2, 0.25) is 0 Å². The van der Waals surface area contributed by atoms with Gasteiger partial charge in [0.25, 0.3) is 0 Å². The van der Waals surface area contributed by atoms with Gasteiger partial charge in [-0.05, 0) is 98.4 Å². The number of nitrogens with zero attached hydrogens (tertiary/aromatic N) is 4. The van der Waals surface area contributed by atoms with Gasteiger partial charge in [-0.15, -0.1) is 0 Å². The molecule has 0 aliphatic heterocycles. The molecule has 0 aliphatic rings. The molecule has 0 atom stereocenters. The average Bonchev–Trinajstić information content (AvgIpc) is 3.47. The van der Waals surface area contributed by atoms with Crippen LogP contribution in [0.3, 0.4) is 0 Å². The Bertz CT molecular complexity index is 2340. The van der Waals surface area contributed by atoms with Crippen LogP contribution in [0.25, 0.3) is 72.0 Å². The van der Waals surface area contributed by atoms with Crippen molar-refractivity contribution >= 4 is 32.6 Å². The number of hydrogen-bond acceptors (Lipinski definition) is 3. The van der Waals surface area contributed by atoms with Gasteiger partial charge in [0.15, 0.2) is 0 Å². The van der Waals surface area contributed by atoms with Crippen molar-refractivity contribution in [2.45, 2.75) is 0 Å². The van der Waals surface area contributed by atoms with Crippen LogP contribution in [0.4, 0.5) is 0 Å². The molecule has 0 spiro atoms. The summed E-state index contributed by atoms with van der Waals surface area (Å²) in [6.45, 7) is 0. The van der Waals surface area contributed by atoms with Gasteiger partial charge in [0, 0.05) is 11.8 Å². The summed E-state index contributed by atoms with van der Waals surface area (Å²) in [6, 6.07) is 50.4. The predicted molar refractivity (Wildman–Crippen MR) is 175 cm³/mol. The highest BCUT2D eigenvalue weighted by atomic mass is 15.1. The Hall–Kier alpha value is -6.05. The molecule has 8 aromatic rings. The van der Waals surface area contributed by atoms with Crippen molar-refractivity contribution in [2.75, 3.05) is 0 Å². The smallest absolute Gasteiger partial charge is 0.146 e. The minimum absolute atomic E-state index is 0.666. The van der Waals surface area contributed by atoms with Gasteiger partial charge in [0.05, 0.1) is 22.7 Å². The standard InChI is InChI=1S/C39H24N4/c40-25-26-11-13-28(14-12-26)34-7-5-6-31-22-30(19-20-35(31)34)29-17-15-27-16-18-32(24-33(27)23-29)39-42-36-8-1-2-9-37(36)43(39)38-10-3-4-21-41-38/h1-24H. The zero-order valence-corrected chi connectivity index (χ0v) is 23.1. The number of para-hydroxylation sites is 2. The number of fused-ring (bicyclic) bond motifs is 3. The van der Waals surface area contributed by atoms with Gasteiger partial charge in [-0.1, -0.05) is 84.9 Å². The first-order valence-electron chi connectivity index (χ1n) is 14.2. The largest absolute Gasteiger partial charge is 0.276 e. The summed E-state index contributed by atoms with van der Waals surface area (Å²) < 4.78 is 2.13. The molecular formula is C39H24N4. The van der Waals surface area contributed by atoms with Crippen LogP contribution in [0.1, 0.15) is 5.56 Å². The topological polar surface area (TPSA) is 54.5 Å². The normalized spacial score (nSPS) is 11.2. The van der Waals surface area contributed by atoms with E-state index in [0.717, 1.165) is 55.9 Å². The number of pyridine rings is 1. The number of rotatable bonds is 4. The van der Waals surface area contributed by atoms with Crippen LogP contribution >= 0.6 is 0 Å². The van der Waals surface area contributed by atoms with E-state index in [2.05, 4.69) is 94.5 Å². The molecule has 2 heterocycles. The highest BCUT2D eigenvalue weighted by molar-refractivity contribution is 5.99. The lowest BCUT2D eigenvalue weighted by molar-refractivity contribution is 1.03. The molecule has 4 nitrogen and oxygen atoms in total. The van der Waals surface area contributed by atoms with Crippen LogP contribution in [-0.2, 0) is 0 Å². The maximum atomic E-state index is 9.18. The van der Waals surface area contributed by atoms with Crippen molar-refractivity contribution in [3.05, 3.63) is 151 Å². The van der Waals surface area contributed by atoms with Crippen LogP contribution < -0.4 is 0 Å². The van der Waals surface area contributed by atoms with Gasteiger partial charge in [-0.2, -0.15) is 5.26 Å². The Morgan fingerprint density at radius 3 is 2.09 bits per heavy atom. The second kappa shape index (κ2) is 10.1. The molecule has 0 amide bonds. The van der Waals surface area contributed by atoms with E-state index in [-0.39, 0.29) is 0 Å².